The molecule has 0 bridgehead atoms. The number of carbonyl (C=O) groups is 2. The van der Waals surface area contributed by atoms with Gasteiger partial charge in [0.05, 0.1) is 7.11 Å². The summed E-state index contributed by atoms with van der Waals surface area (Å²) in [7, 11) is 1.22. The summed E-state index contributed by atoms with van der Waals surface area (Å²) in [5.74, 6) is -0.601. The summed E-state index contributed by atoms with van der Waals surface area (Å²) in [4.78, 5) is 22.5. The van der Waals surface area contributed by atoms with E-state index in [1.54, 1.807) is 20.8 Å². The topological polar surface area (TPSA) is 55.8 Å². The molecule has 0 aromatic carbocycles. The number of amides is 1. The minimum atomic E-state index is -0.883. The van der Waals surface area contributed by atoms with Crippen molar-refractivity contribution in [3.63, 3.8) is 0 Å². The Morgan fingerprint density at radius 2 is 1.80 bits per heavy atom. The number of hydrogen-bond donors (Lipinski definition) is 0. The molecule has 1 amide bonds. The van der Waals surface area contributed by atoms with Crippen LogP contribution in [0.5, 0.6) is 0 Å². The monoisotopic (exact) mass is 237 g/mol. The Balaban J connectivity index is 4.39. The van der Waals surface area contributed by atoms with Gasteiger partial charge in [0.15, 0.2) is 0 Å². The van der Waals surface area contributed by atoms with Gasteiger partial charge in [0, 0.05) is 11.8 Å². The van der Waals surface area contributed by atoms with Gasteiger partial charge in [-0.05, 0) is 27.7 Å². The van der Waals surface area contributed by atoms with E-state index in [-0.39, 0.29) is 0 Å². The molecule has 0 aliphatic heterocycles. The molecule has 0 aromatic heterocycles. The third-order valence-electron chi connectivity index (χ3n) is 1.45. The second-order valence-electron chi connectivity index (χ2n) is 3.99. The van der Waals surface area contributed by atoms with Gasteiger partial charge in [-0.2, -0.15) is 0 Å². The summed E-state index contributed by atoms with van der Waals surface area (Å²) in [5.41, 5.74) is -0.653. The van der Waals surface area contributed by atoms with Gasteiger partial charge in [0.25, 0.3) is 0 Å². The Hall–Kier alpha value is -0.970. The van der Waals surface area contributed by atoms with E-state index in [4.69, 9.17) is 16.5 Å². The van der Waals surface area contributed by atoms with Gasteiger partial charge in [-0.1, -0.05) is 0 Å². The predicted molar refractivity (Wildman–Crippen MR) is 55.4 cm³/mol. The number of hydrogen-bond acceptors (Lipinski definition) is 4. The third-order valence-corrected chi connectivity index (χ3v) is 1.88. The highest BCUT2D eigenvalue weighted by Crippen LogP contribution is 2.14. The van der Waals surface area contributed by atoms with E-state index >= 15 is 0 Å². The maximum Gasteiger partial charge on any atom is 0.425 e. The lowest BCUT2D eigenvalue weighted by molar-refractivity contribution is -0.144. The largest absolute Gasteiger partial charge is 0.467 e. The van der Waals surface area contributed by atoms with Crippen LogP contribution in [-0.2, 0) is 14.3 Å². The molecule has 0 aromatic rings. The number of nitrogens with zero attached hydrogens (tertiary/aromatic N) is 1. The van der Waals surface area contributed by atoms with Crippen LogP contribution in [-0.4, -0.2) is 35.2 Å². The molecule has 0 saturated carbocycles. The highest BCUT2D eigenvalue weighted by Gasteiger charge is 2.29. The molecule has 15 heavy (non-hydrogen) atoms. The van der Waals surface area contributed by atoms with Crippen molar-refractivity contribution in [3.05, 3.63) is 0 Å². The van der Waals surface area contributed by atoms with Crippen molar-refractivity contribution in [1.82, 2.24) is 4.42 Å². The number of esters is 1. The molecule has 0 fully saturated rings. The molecule has 0 aliphatic carbocycles. The van der Waals surface area contributed by atoms with Gasteiger partial charge in [-0.25, -0.2) is 14.0 Å². The summed E-state index contributed by atoms with van der Waals surface area (Å²) >= 11 is 5.62. The Bertz CT molecular complexity index is 249. The van der Waals surface area contributed by atoms with Gasteiger partial charge in [0.1, 0.15) is 11.6 Å². The van der Waals surface area contributed by atoms with Gasteiger partial charge in [0.2, 0.25) is 0 Å². The number of carbonyl (C=O) groups excluding carboxylic acids is 2. The van der Waals surface area contributed by atoms with E-state index in [0.29, 0.717) is 4.42 Å². The first kappa shape index (κ1) is 14.0. The van der Waals surface area contributed by atoms with E-state index in [1.165, 1.54) is 14.0 Å². The minimum Gasteiger partial charge on any atom is -0.467 e. The zero-order chi connectivity index (χ0) is 12.2. The van der Waals surface area contributed by atoms with Gasteiger partial charge in [-0.15, -0.1) is 0 Å². The van der Waals surface area contributed by atoms with Crippen molar-refractivity contribution in [3.8, 4) is 0 Å². The van der Waals surface area contributed by atoms with E-state index in [0.717, 1.165) is 0 Å². The third kappa shape index (κ3) is 4.88. The van der Waals surface area contributed by atoms with Gasteiger partial charge < -0.3 is 9.47 Å². The molecule has 1 atom stereocenters. The zero-order valence-electron chi connectivity index (χ0n) is 9.54. The average Bonchev–Trinajstić information content (AvgIpc) is 2.11. The van der Waals surface area contributed by atoms with Crippen molar-refractivity contribution in [1.29, 1.82) is 0 Å². The Kier molecular flexibility index (Phi) is 4.87. The molecule has 0 aliphatic rings. The fourth-order valence-electron chi connectivity index (χ4n) is 0.727. The molecule has 0 saturated heterocycles. The van der Waals surface area contributed by atoms with Crippen LogP contribution in [0.2, 0.25) is 0 Å². The maximum atomic E-state index is 11.4. The summed E-state index contributed by atoms with van der Waals surface area (Å²) in [6, 6.07) is -0.883. The quantitative estimate of drug-likeness (QED) is 0.544. The average molecular weight is 238 g/mol. The lowest BCUT2D eigenvalue weighted by Gasteiger charge is -2.25. The first-order valence-corrected chi connectivity index (χ1v) is 4.78. The van der Waals surface area contributed by atoms with Gasteiger partial charge in [-0.3, -0.25) is 0 Å². The van der Waals surface area contributed by atoms with Crippen LogP contribution in [0.3, 0.4) is 0 Å². The summed E-state index contributed by atoms with van der Waals surface area (Å²) in [5, 5.41) is 0. The van der Waals surface area contributed by atoms with Crippen LogP contribution in [0.15, 0.2) is 0 Å². The van der Waals surface area contributed by atoms with Crippen LogP contribution < -0.4 is 0 Å². The van der Waals surface area contributed by atoms with Crippen LogP contribution in [0.4, 0.5) is 4.79 Å². The number of methoxy groups -OCH3 is 1. The van der Waals surface area contributed by atoms with Gasteiger partial charge >= 0.3 is 12.1 Å². The Labute approximate surface area is 94.4 Å². The molecule has 88 valence electrons. The minimum absolute atomic E-state index is 0.601. The van der Waals surface area contributed by atoms with Crippen molar-refractivity contribution in [2.24, 2.45) is 0 Å². The van der Waals surface area contributed by atoms with Crippen molar-refractivity contribution >= 4 is 23.8 Å². The smallest absolute Gasteiger partial charge is 0.425 e. The van der Waals surface area contributed by atoms with Crippen molar-refractivity contribution in [2.75, 3.05) is 7.11 Å². The number of rotatable bonds is 2. The molecular weight excluding hydrogens is 222 g/mol. The Morgan fingerprint density at radius 3 is 2.13 bits per heavy atom. The number of ether oxygens (including phenoxy) is 2. The molecular formula is C9H16ClNO4. The molecule has 6 heteroatoms. The predicted octanol–water partition coefficient (Wildman–Crippen LogP) is 1.94. The summed E-state index contributed by atoms with van der Waals surface area (Å²) in [6.07, 6.45) is -0.776. The standard InChI is InChI=1S/C9H16ClNO4/c1-6(7(12)14-5)11(10)8(13)15-9(2,3)4/h6H,1-5H3/t6-/m0/s1. The Morgan fingerprint density at radius 1 is 1.33 bits per heavy atom. The van der Waals surface area contributed by atoms with Crippen LogP contribution >= 0.6 is 11.8 Å². The molecule has 0 spiro atoms. The van der Waals surface area contributed by atoms with E-state index in [2.05, 4.69) is 4.74 Å². The second kappa shape index (κ2) is 5.21. The van der Waals surface area contributed by atoms with Crippen LogP contribution in [0.1, 0.15) is 27.7 Å². The summed E-state index contributed by atoms with van der Waals surface area (Å²) < 4.78 is 10.1. The van der Waals surface area contributed by atoms with E-state index < -0.39 is 23.7 Å². The van der Waals surface area contributed by atoms with E-state index in [9.17, 15) is 9.59 Å². The molecule has 0 N–H and O–H groups in total. The molecule has 0 radical (unpaired) electrons. The van der Waals surface area contributed by atoms with Crippen LogP contribution in [0, 0.1) is 0 Å². The SMILES string of the molecule is COC(=O)[C@H](C)N(Cl)C(=O)OC(C)(C)C. The molecule has 0 rings (SSSR count). The number of halogens is 1. The first-order chi connectivity index (χ1) is 6.69. The highest BCUT2D eigenvalue weighted by atomic mass is 35.5. The lowest BCUT2D eigenvalue weighted by Crippen LogP contribution is -2.40. The fourth-order valence-corrected chi connectivity index (χ4v) is 0.841. The van der Waals surface area contributed by atoms with Crippen molar-refractivity contribution < 1.29 is 19.1 Å². The molecule has 0 unspecified atom stereocenters. The second-order valence-corrected chi connectivity index (χ2v) is 4.35. The highest BCUT2D eigenvalue weighted by molar-refractivity contribution is 6.21. The first-order valence-electron chi connectivity index (χ1n) is 4.45. The van der Waals surface area contributed by atoms with E-state index in [1.807, 2.05) is 0 Å². The lowest BCUT2D eigenvalue weighted by atomic mass is 10.2. The zero-order valence-corrected chi connectivity index (χ0v) is 10.3. The normalized spacial score (nSPS) is 12.9. The fraction of sp³-hybridized carbons (Fsp3) is 0.778. The maximum absolute atomic E-state index is 11.4. The molecule has 5 nitrogen and oxygen atoms in total. The van der Waals surface area contributed by atoms with Crippen molar-refractivity contribution in [2.45, 2.75) is 39.3 Å². The summed E-state index contributed by atoms with van der Waals surface area (Å²) in [6.45, 7) is 6.57. The van der Waals surface area contributed by atoms with Crippen LogP contribution in [0.25, 0.3) is 0 Å². The molecule has 0 heterocycles.